The molecule has 0 aliphatic rings. The molecule has 2 aromatic carbocycles. The zero-order chi connectivity index (χ0) is 14.5. The highest BCUT2D eigenvalue weighted by atomic mass is 16.1. The third kappa shape index (κ3) is 3.70. The minimum atomic E-state index is 0.0362. The Kier molecular flexibility index (Phi) is 4.57. The van der Waals surface area contributed by atoms with E-state index in [0.717, 1.165) is 5.56 Å². The highest BCUT2D eigenvalue weighted by Gasteiger charge is 2.11. The molecule has 0 radical (unpaired) electrons. The molecule has 2 heteroatoms. The minimum Gasteiger partial charge on any atom is -0.349 e. The smallest absolute Gasteiger partial charge is 0.224 e. The van der Waals surface area contributed by atoms with E-state index in [1.54, 1.807) is 0 Å². The topological polar surface area (TPSA) is 29.1 Å². The van der Waals surface area contributed by atoms with Crippen molar-refractivity contribution in [3.8, 4) is 0 Å². The Hall–Kier alpha value is -2.09. The number of hydrogen-bond donors (Lipinski definition) is 1. The normalized spacial score (nSPS) is 11.9. The lowest BCUT2D eigenvalue weighted by molar-refractivity contribution is -0.121. The van der Waals surface area contributed by atoms with E-state index in [2.05, 4.69) is 24.4 Å². The molecular weight excluding hydrogens is 246 g/mol. The fourth-order valence-corrected chi connectivity index (χ4v) is 2.33. The first-order valence-electron chi connectivity index (χ1n) is 6.96. The van der Waals surface area contributed by atoms with E-state index in [0.29, 0.717) is 6.42 Å². The van der Waals surface area contributed by atoms with Gasteiger partial charge in [0.05, 0.1) is 12.5 Å². The van der Waals surface area contributed by atoms with E-state index in [4.69, 9.17) is 0 Å². The van der Waals surface area contributed by atoms with Gasteiger partial charge in [-0.1, -0.05) is 54.1 Å². The first kappa shape index (κ1) is 14.3. The third-order valence-corrected chi connectivity index (χ3v) is 3.52. The average Bonchev–Trinajstić information content (AvgIpc) is 2.41. The second-order valence-electron chi connectivity index (χ2n) is 5.31. The van der Waals surface area contributed by atoms with E-state index in [-0.39, 0.29) is 11.9 Å². The van der Waals surface area contributed by atoms with Crippen LogP contribution in [0.1, 0.15) is 35.2 Å². The molecule has 2 rings (SSSR count). The Morgan fingerprint density at radius 2 is 1.70 bits per heavy atom. The van der Waals surface area contributed by atoms with Crippen molar-refractivity contribution in [2.75, 3.05) is 0 Å². The molecule has 0 bridgehead atoms. The Bertz CT molecular complexity index is 587. The Morgan fingerprint density at radius 1 is 1.05 bits per heavy atom. The second-order valence-corrected chi connectivity index (χ2v) is 5.31. The summed E-state index contributed by atoms with van der Waals surface area (Å²) in [6, 6.07) is 16.3. The van der Waals surface area contributed by atoms with E-state index in [1.165, 1.54) is 16.7 Å². The minimum absolute atomic E-state index is 0.0362. The highest BCUT2D eigenvalue weighted by Crippen LogP contribution is 2.16. The second kappa shape index (κ2) is 6.38. The van der Waals surface area contributed by atoms with Crippen molar-refractivity contribution in [2.45, 2.75) is 33.2 Å². The first-order valence-corrected chi connectivity index (χ1v) is 6.96. The van der Waals surface area contributed by atoms with Crippen LogP contribution in [-0.4, -0.2) is 5.91 Å². The third-order valence-electron chi connectivity index (χ3n) is 3.52. The molecule has 0 saturated heterocycles. The van der Waals surface area contributed by atoms with E-state index >= 15 is 0 Å². The van der Waals surface area contributed by atoms with Gasteiger partial charge in [0, 0.05) is 0 Å². The summed E-state index contributed by atoms with van der Waals surface area (Å²) in [5, 5.41) is 3.06. The van der Waals surface area contributed by atoms with Crippen LogP contribution in [0.3, 0.4) is 0 Å². The molecule has 0 spiro atoms. The lowest BCUT2D eigenvalue weighted by atomic mass is 10.0. The fourth-order valence-electron chi connectivity index (χ4n) is 2.33. The lowest BCUT2D eigenvalue weighted by Gasteiger charge is -2.16. The van der Waals surface area contributed by atoms with Crippen LogP contribution in [0.25, 0.3) is 0 Å². The van der Waals surface area contributed by atoms with E-state index < -0.39 is 0 Å². The van der Waals surface area contributed by atoms with Crippen LogP contribution in [0.15, 0.2) is 48.5 Å². The van der Waals surface area contributed by atoms with Crippen molar-refractivity contribution >= 4 is 5.91 Å². The number of carbonyl (C=O) groups excluding carboxylic acids is 1. The van der Waals surface area contributed by atoms with Crippen molar-refractivity contribution in [2.24, 2.45) is 0 Å². The van der Waals surface area contributed by atoms with Crippen LogP contribution in [0, 0.1) is 13.8 Å². The Balaban J connectivity index is 1.98. The quantitative estimate of drug-likeness (QED) is 0.898. The van der Waals surface area contributed by atoms with Crippen molar-refractivity contribution < 1.29 is 4.79 Å². The van der Waals surface area contributed by atoms with Gasteiger partial charge in [-0.25, -0.2) is 0 Å². The molecule has 0 fully saturated rings. The molecule has 1 atom stereocenters. The number of amides is 1. The van der Waals surface area contributed by atoms with Gasteiger partial charge in [-0.3, -0.25) is 4.79 Å². The fraction of sp³-hybridized carbons (Fsp3) is 0.278. The summed E-state index contributed by atoms with van der Waals surface area (Å²) in [5.74, 6) is 0.0598. The van der Waals surface area contributed by atoms with Crippen LogP contribution >= 0.6 is 0 Å². The SMILES string of the molecule is Cc1ccc(CC(=O)N[C@H](C)c2ccccc2C)cc1. The van der Waals surface area contributed by atoms with Crippen molar-refractivity contribution in [3.05, 3.63) is 70.8 Å². The van der Waals surface area contributed by atoms with E-state index in [1.807, 2.05) is 50.2 Å². The zero-order valence-electron chi connectivity index (χ0n) is 12.3. The predicted molar refractivity (Wildman–Crippen MR) is 82.6 cm³/mol. The molecule has 0 aliphatic heterocycles. The molecule has 2 nitrogen and oxygen atoms in total. The van der Waals surface area contributed by atoms with Gasteiger partial charge in [-0.05, 0) is 37.5 Å². The summed E-state index contributed by atoms with van der Waals surface area (Å²) in [7, 11) is 0. The van der Waals surface area contributed by atoms with E-state index in [9.17, 15) is 4.79 Å². The van der Waals surface area contributed by atoms with Crippen molar-refractivity contribution in [1.82, 2.24) is 5.32 Å². The molecule has 20 heavy (non-hydrogen) atoms. The van der Waals surface area contributed by atoms with Gasteiger partial charge in [0.15, 0.2) is 0 Å². The summed E-state index contributed by atoms with van der Waals surface area (Å²) in [4.78, 5) is 12.1. The Labute approximate surface area is 120 Å². The summed E-state index contributed by atoms with van der Waals surface area (Å²) >= 11 is 0. The van der Waals surface area contributed by atoms with Crippen LogP contribution in [0.4, 0.5) is 0 Å². The lowest BCUT2D eigenvalue weighted by Crippen LogP contribution is -2.28. The summed E-state index contributed by atoms with van der Waals surface area (Å²) in [6.07, 6.45) is 0.427. The molecular formula is C18H21NO. The summed E-state index contributed by atoms with van der Waals surface area (Å²) in [6.45, 7) is 6.14. The van der Waals surface area contributed by atoms with Crippen molar-refractivity contribution in [1.29, 1.82) is 0 Å². The van der Waals surface area contributed by atoms with Gasteiger partial charge in [-0.15, -0.1) is 0 Å². The molecule has 2 aromatic rings. The standard InChI is InChI=1S/C18H21NO/c1-13-8-10-16(11-9-13)12-18(20)19-15(3)17-7-5-4-6-14(17)2/h4-11,15H,12H2,1-3H3,(H,19,20)/t15-/m1/s1. The number of hydrogen-bond acceptors (Lipinski definition) is 1. The number of carbonyl (C=O) groups is 1. The molecule has 0 unspecified atom stereocenters. The molecule has 0 heterocycles. The molecule has 1 N–H and O–H groups in total. The largest absolute Gasteiger partial charge is 0.349 e. The molecule has 1 amide bonds. The average molecular weight is 267 g/mol. The van der Waals surface area contributed by atoms with Gasteiger partial charge in [0.1, 0.15) is 0 Å². The number of nitrogens with one attached hydrogen (secondary N) is 1. The zero-order valence-corrected chi connectivity index (χ0v) is 12.3. The predicted octanol–water partition coefficient (Wildman–Crippen LogP) is 3.72. The van der Waals surface area contributed by atoms with Crippen molar-refractivity contribution in [3.63, 3.8) is 0 Å². The summed E-state index contributed by atoms with van der Waals surface area (Å²) in [5.41, 5.74) is 4.63. The number of rotatable bonds is 4. The number of aryl methyl sites for hydroxylation is 2. The van der Waals surface area contributed by atoms with Gasteiger partial charge in [0.2, 0.25) is 5.91 Å². The van der Waals surface area contributed by atoms with Crippen LogP contribution in [0.2, 0.25) is 0 Å². The first-order chi connectivity index (χ1) is 9.56. The van der Waals surface area contributed by atoms with Crippen LogP contribution < -0.4 is 5.32 Å². The molecule has 104 valence electrons. The number of benzene rings is 2. The summed E-state index contributed by atoms with van der Waals surface area (Å²) < 4.78 is 0. The van der Waals surface area contributed by atoms with Gasteiger partial charge in [-0.2, -0.15) is 0 Å². The van der Waals surface area contributed by atoms with Crippen LogP contribution in [-0.2, 0) is 11.2 Å². The molecule has 0 saturated carbocycles. The maximum Gasteiger partial charge on any atom is 0.224 e. The maximum atomic E-state index is 12.1. The van der Waals surface area contributed by atoms with Crippen LogP contribution in [0.5, 0.6) is 0 Å². The monoisotopic (exact) mass is 267 g/mol. The van der Waals surface area contributed by atoms with Gasteiger partial charge < -0.3 is 5.32 Å². The van der Waals surface area contributed by atoms with Gasteiger partial charge in [0.25, 0.3) is 0 Å². The molecule has 0 aromatic heterocycles. The maximum absolute atomic E-state index is 12.1. The molecule has 0 aliphatic carbocycles. The highest BCUT2D eigenvalue weighted by molar-refractivity contribution is 5.79. The van der Waals surface area contributed by atoms with Gasteiger partial charge >= 0.3 is 0 Å². The Morgan fingerprint density at radius 3 is 2.35 bits per heavy atom.